The Labute approximate surface area is 179 Å². The van der Waals surface area contributed by atoms with Gasteiger partial charge < -0.3 is 14.2 Å². The van der Waals surface area contributed by atoms with Gasteiger partial charge in [0.2, 0.25) is 5.88 Å². The van der Waals surface area contributed by atoms with E-state index in [-0.39, 0.29) is 12.0 Å². The van der Waals surface area contributed by atoms with E-state index in [1.54, 1.807) is 25.4 Å². The molecule has 1 aromatic carbocycles. The summed E-state index contributed by atoms with van der Waals surface area (Å²) in [6.45, 7) is 5.37. The minimum Gasteiger partial charge on any atom is -0.494 e. The zero-order valence-electron chi connectivity index (χ0n) is 17.3. The number of rotatable bonds is 6. The number of methoxy groups -OCH3 is 1. The summed E-state index contributed by atoms with van der Waals surface area (Å²) >= 11 is 1.47. The molecule has 1 aliphatic rings. The molecule has 2 aromatic heterocycles. The molecule has 3 heterocycles. The third kappa shape index (κ3) is 4.39. The van der Waals surface area contributed by atoms with Crippen molar-refractivity contribution in [1.29, 1.82) is 0 Å². The standard InChI is InChI=1S/C22H25N3O4S/c1-13(2)29-18-12-15(6-9-23-18)21(26)25-22-24-19-17(27-3)5-4-16(20(19)30-22)14-7-10-28-11-8-14/h4-6,9,12-14H,7-8,10-11H2,1-3H3,(H,24,25,26). The molecule has 1 saturated heterocycles. The molecule has 1 aliphatic heterocycles. The molecule has 0 radical (unpaired) electrons. The first kappa shape index (κ1) is 20.6. The third-order valence-corrected chi connectivity index (χ3v) is 6.01. The summed E-state index contributed by atoms with van der Waals surface area (Å²) in [7, 11) is 1.63. The summed E-state index contributed by atoms with van der Waals surface area (Å²) in [5.74, 6) is 1.29. The van der Waals surface area contributed by atoms with Crippen LogP contribution in [0.25, 0.3) is 10.2 Å². The zero-order valence-corrected chi connectivity index (χ0v) is 18.1. The van der Waals surface area contributed by atoms with Crippen molar-refractivity contribution >= 4 is 32.6 Å². The van der Waals surface area contributed by atoms with E-state index in [2.05, 4.69) is 21.4 Å². The van der Waals surface area contributed by atoms with Crippen LogP contribution in [0.15, 0.2) is 30.5 Å². The van der Waals surface area contributed by atoms with Crippen molar-refractivity contribution in [1.82, 2.24) is 9.97 Å². The van der Waals surface area contributed by atoms with Gasteiger partial charge in [0.15, 0.2) is 5.13 Å². The van der Waals surface area contributed by atoms with Crippen LogP contribution in [0.1, 0.15) is 48.5 Å². The second-order valence-corrected chi connectivity index (χ2v) is 8.44. The molecule has 7 nitrogen and oxygen atoms in total. The minimum atomic E-state index is -0.253. The second-order valence-electron chi connectivity index (χ2n) is 7.44. The number of anilines is 1. The lowest BCUT2D eigenvalue weighted by Crippen LogP contribution is -2.14. The Morgan fingerprint density at radius 2 is 2.07 bits per heavy atom. The second kappa shape index (κ2) is 8.97. The van der Waals surface area contributed by atoms with Gasteiger partial charge in [0.25, 0.3) is 5.91 Å². The fourth-order valence-corrected chi connectivity index (χ4v) is 4.65. The summed E-state index contributed by atoms with van der Waals surface area (Å²) in [6, 6.07) is 7.36. The van der Waals surface area contributed by atoms with Crippen LogP contribution in [-0.4, -0.2) is 42.3 Å². The van der Waals surface area contributed by atoms with Crippen LogP contribution in [0.3, 0.4) is 0 Å². The summed E-state index contributed by atoms with van der Waals surface area (Å²) < 4.78 is 17.7. The smallest absolute Gasteiger partial charge is 0.257 e. The number of amides is 1. The first-order valence-electron chi connectivity index (χ1n) is 10.0. The molecule has 4 rings (SSSR count). The molecule has 8 heteroatoms. The van der Waals surface area contributed by atoms with E-state index in [0.29, 0.717) is 28.2 Å². The summed E-state index contributed by atoms with van der Waals surface area (Å²) in [6.07, 6.45) is 3.51. The van der Waals surface area contributed by atoms with E-state index < -0.39 is 0 Å². The Bertz CT molecular complexity index is 1040. The molecule has 0 atom stereocenters. The molecule has 0 spiro atoms. The van der Waals surface area contributed by atoms with Crippen LogP contribution in [0.4, 0.5) is 5.13 Å². The van der Waals surface area contributed by atoms with E-state index >= 15 is 0 Å². The van der Waals surface area contributed by atoms with E-state index in [1.807, 2.05) is 19.9 Å². The lowest BCUT2D eigenvalue weighted by atomic mass is 9.91. The van der Waals surface area contributed by atoms with Gasteiger partial charge in [-0.2, -0.15) is 0 Å². The lowest BCUT2D eigenvalue weighted by molar-refractivity contribution is 0.0856. The Kier molecular flexibility index (Phi) is 6.15. The molecule has 1 N–H and O–H groups in total. The van der Waals surface area contributed by atoms with Crippen LogP contribution in [0, 0.1) is 0 Å². The molecule has 1 fully saturated rings. The number of nitrogens with one attached hydrogen (secondary N) is 1. The van der Waals surface area contributed by atoms with Gasteiger partial charge >= 0.3 is 0 Å². The number of nitrogens with zero attached hydrogens (tertiary/aromatic N) is 2. The maximum absolute atomic E-state index is 12.8. The number of carbonyl (C=O) groups excluding carboxylic acids is 1. The average Bonchev–Trinajstić information content (AvgIpc) is 3.17. The predicted octanol–water partition coefficient (Wildman–Crippen LogP) is 4.63. The quantitative estimate of drug-likeness (QED) is 0.617. The van der Waals surface area contributed by atoms with Gasteiger partial charge in [0.1, 0.15) is 11.3 Å². The highest BCUT2D eigenvalue weighted by molar-refractivity contribution is 7.22. The number of pyridine rings is 1. The molecular weight excluding hydrogens is 402 g/mol. The molecule has 1 amide bonds. The maximum atomic E-state index is 12.8. The largest absolute Gasteiger partial charge is 0.494 e. The maximum Gasteiger partial charge on any atom is 0.257 e. The number of carbonyl (C=O) groups is 1. The number of benzene rings is 1. The van der Waals surface area contributed by atoms with Crippen molar-refractivity contribution in [2.75, 3.05) is 25.6 Å². The third-order valence-electron chi connectivity index (χ3n) is 4.99. The highest BCUT2D eigenvalue weighted by Crippen LogP contribution is 2.40. The summed E-state index contributed by atoms with van der Waals surface area (Å²) in [5.41, 5.74) is 2.49. The Balaban J connectivity index is 1.62. The number of ether oxygens (including phenoxy) is 3. The van der Waals surface area contributed by atoms with Gasteiger partial charge in [-0.05, 0) is 50.3 Å². The molecule has 0 unspecified atom stereocenters. The first-order valence-corrected chi connectivity index (χ1v) is 10.9. The van der Waals surface area contributed by atoms with Crippen LogP contribution < -0.4 is 14.8 Å². The molecule has 0 bridgehead atoms. The van der Waals surface area contributed by atoms with E-state index in [1.165, 1.54) is 16.9 Å². The summed E-state index contributed by atoms with van der Waals surface area (Å²) in [5, 5.41) is 3.45. The van der Waals surface area contributed by atoms with Crippen molar-refractivity contribution in [3.8, 4) is 11.6 Å². The molecule has 158 valence electrons. The van der Waals surface area contributed by atoms with Gasteiger partial charge in [-0.15, -0.1) is 0 Å². The predicted molar refractivity (Wildman–Crippen MR) is 117 cm³/mol. The van der Waals surface area contributed by atoms with Crippen LogP contribution in [0.2, 0.25) is 0 Å². The molecule has 30 heavy (non-hydrogen) atoms. The first-order chi connectivity index (χ1) is 14.5. The highest BCUT2D eigenvalue weighted by atomic mass is 32.1. The number of fused-ring (bicyclic) bond motifs is 1. The zero-order chi connectivity index (χ0) is 21.1. The Morgan fingerprint density at radius 3 is 2.80 bits per heavy atom. The number of hydrogen-bond donors (Lipinski definition) is 1. The fourth-order valence-electron chi connectivity index (χ4n) is 3.58. The van der Waals surface area contributed by atoms with Crippen molar-refractivity contribution < 1.29 is 19.0 Å². The van der Waals surface area contributed by atoms with Crippen molar-refractivity contribution in [3.05, 3.63) is 41.6 Å². The highest BCUT2D eigenvalue weighted by Gasteiger charge is 2.22. The van der Waals surface area contributed by atoms with Crippen LogP contribution >= 0.6 is 11.3 Å². The molecular formula is C22H25N3O4S. The van der Waals surface area contributed by atoms with Crippen molar-refractivity contribution in [3.63, 3.8) is 0 Å². The van der Waals surface area contributed by atoms with E-state index in [9.17, 15) is 4.79 Å². The van der Waals surface area contributed by atoms with Gasteiger partial charge in [-0.1, -0.05) is 17.4 Å². The molecule has 3 aromatic rings. The number of aromatic nitrogens is 2. The topological polar surface area (TPSA) is 82.6 Å². The Morgan fingerprint density at radius 1 is 1.27 bits per heavy atom. The lowest BCUT2D eigenvalue weighted by Gasteiger charge is -2.23. The van der Waals surface area contributed by atoms with Crippen LogP contribution in [-0.2, 0) is 4.74 Å². The SMILES string of the molecule is COc1ccc(C2CCOCC2)c2sc(NC(=O)c3ccnc(OC(C)C)c3)nc12. The normalized spacial score (nSPS) is 14.8. The van der Waals surface area contributed by atoms with Gasteiger partial charge in [0, 0.05) is 31.0 Å². The van der Waals surface area contributed by atoms with Gasteiger partial charge in [-0.3, -0.25) is 10.1 Å². The average molecular weight is 428 g/mol. The number of hydrogen-bond acceptors (Lipinski definition) is 7. The van der Waals surface area contributed by atoms with E-state index in [4.69, 9.17) is 14.2 Å². The monoisotopic (exact) mass is 427 g/mol. The van der Waals surface area contributed by atoms with Crippen molar-refractivity contribution in [2.24, 2.45) is 0 Å². The Hall–Kier alpha value is -2.71. The van der Waals surface area contributed by atoms with Gasteiger partial charge in [-0.25, -0.2) is 9.97 Å². The van der Waals surface area contributed by atoms with Crippen molar-refractivity contribution in [2.45, 2.75) is 38.7 Å². The molecule has 0 saturated carbocycles. The van der Waals surface area contributed by atoms with Crippen LogP contribution in [0.5, 0.6) is 11.6 Å². The summed E-state index contributed by atoms with van der Waals surface area (Å²) in [4.78, 5) is 21.6. The van der Waals surface area contributed by atoms with Gasteiger partial charge in [0.05, 0.1) is 17.9 Å². The number of thiazole rings is 1. The fraction of sp³-hybridized carbons (Fsp3) is 0.409. The van der Waals surface area contributed by atoms with E-state index in [0.717, 1.165) is 36.3 Å². The molecule has 0 aliphatic carbocycles. The minimum absolute atomic E-state index is 0.0175.